The molecule has 0 fully saturated rings. The summed E-state index contributed by atoms with van der Waals surface area (Å²) in [7, 11) is 5.71. The van der Waals surface area contributed by atoms with Crippen LogP contribution in [-0.4, -0.2) is 13.8 Å². The van der Waals surface area contributed by atoms with E-state index in [0.29, 0.717) is 5.46 Å². The van der Waals surface area contributed by atoms with Gasteiger partial charge in [0, 0.05) is 5.56 Å². The predicted octanol–water partition coefficient (Wildman–Crippen LogP) is 0.849. The Morgan fingerprint density at radius 2 is 2.21 bits per heavy atom. The van der Waals surface area contributed by atoms with E-state index in [2.05, 4.69) is 12.2 Å². The highest BCUT2D eigenvalue weighted by molar-refractivity contribution is 6.32. The normalized spacial score (nSPS) is 24.6. The first kappa shape index (κ1) is 9.32. The van der Waals surface area contributed by atoms with E-state index in [0.717, 1.165) is 17.5 Å². The largest absolute Gasteiger partial charge is 0.343 e. The number of nitrogens with one attached hydrogen (secondary N) is 1. The summed E-state index contributed by atoms with van der Waals surface area (Å²) < 4.78 is 0. The number of hydrogen-bond donors (Lipinski definition) is 1. The SMILES string of the molecule is [B]c1ccc2c(c1)C(C)(CC)NC2=O. The lowest BCUT2D eigenvalue weighted by atomic mass is 9.85. The van der Waals surface area contributed by atoms with Crippen LogP contribution in [0, 0.1) is 0 Å². The minimum Gasteiger partial charge on any atom is -0.343 e. The van der Waals surface area contributed by atoms with E-state index < -0.39 is 0 Å². The highest BCUT2D eigenvalue weighted by atomic mass is 16.2. The molecule has 1 amide bonds. The lowest BCUT2D eigenvalue weighted by molar-refractivity contribution is 0.0933. The molecule has 1 aromatic carbocycles. The number of carbonyl (C=O) groups is 1. The third kappa shape index (κ3) is 1.16. The number of benzene rings is 1. The van der Waals surface area contributed by atoms with E-state index in [1.54, 1.807) is 12.1 Å². The molecule has 1 aliphatic heterocycles. The van der Waals surface area contributed by atoms with Crippen LogP contribution in [-0.2, 0) is 5.54 Å². The third-order valence-corrected chi connectivity index (χ3v) is 2.98. The second-order valence-electron chi connectivity index (χ2n) is 3.94. The van der Waals surface area contributed by atoms with Gasteiger partial charge in [-0.2, -0.15) is 0 Å². The second kappa shape index (κ2) is 2.87. The summed E-state index contributed by atoms with van der Waals surface area (Å²) in [4.78, 5) is 11.6. The average molecular weight is 185 g/mol. The zero-order valence-electron chi connectivity index (χ0n) is 8.42. The fourth-order valence-electron chi connectivity index (χ4n) is 1.88. The van der Waals surface area contributed by atoms with Gasteiger partial charge in [-0.25, -0.2) is 0 Å². The molecule has 1 heterocycles. The molecule has 1 N–H and O–H groups in total. The van der Waals surface area contributed by atoms with Crippen LogP contribution in [0.1, 0.15) is 36.2 Å². The van der Waals surface area contributed by atoms with Crippen LogP contribution in [0.4, 0.5) is 0 Å². The summed E-state index contributed by atoms with van der Waals surface area (Å²) >= 11 is 0. The van der Waals surface area contributed by atoms with Crippen LogP contribution in [0.2, 0.25) is 0 Å². The summed E-state index contributed by atoms with van der Waals surface area (Å²) in [5.41, 5.74) is 2.23. The minimum absolute atomic E-state index is 0.00403. The molecule has 2 rings (SSSR count). The second-order valence-corrected chi connectivity index (χ2v) is 3.94. The Balaban J connectivity index is 2.62. The van der Waals surface area contributed by atoms with Crippen molar-refractivity contribution in [2.45, 2.75) is 25.8 Å². The Morgan fingerprint density at radius 3 is 2.86 bits per heavy atom. The summed E-state index contributed by atoms with van der Waals surface area (Å²) in [5, 5.41) is 2.98. The quantitative estimate of drug-likeness (QED) is 0.645. The van der Waals surface area contributed by atoms with Crippen LogP contribution in [0.15, 0.2) is 18.2 Å². The minimum atomic E-state index is -0.248. The van der Waals surface area contributed by atoms with Crippen molar-refractivity contribution < 1.29 is 4.79 Å². The molecular formula is C11H12BNO. The molecule has 0 spiro atoms. The summed E-state index contributed by atoms with van der Waals surface area (Å²) in [5.74, 6) is 0.00403. The van der Waals surface area contributed by atoms with Crippen molar-refractivity contribution in [1.29, 1.82) is 0 Å². The summed E-state index contributed by atoms with van der Waals surface area (Å²) in [6.07, 6.45) is 0.870. The van der Waals surface area contributed by atoms with Crippen LogP contribution in [0.3, 0.4) is 0 Å². The zero-order valence-corrected chi connectivity index (χ0v) is 8.42. The number of fused-ring (bicyclic) bond motifs is 1. The molecule has 1 unspecified atom stereocenters. The van der Waals surface area contributed by atoms with Crippen LogP contribution < -0.4 is 10.8 Å². The van der Waals surface area contributed by atoms with Crippen molar-refractivity contribution in [3.05, 3.63) is 29.3 Å². The molecule has 70 valence electrons. The van der Waals surface area contributed by atoms with Crippen LogP contribution in [0.25, 0.3) is 0 Å². The molecule has 2 nitrogen and oxygen atoms in total. The molecule has 2 radical (unpaired) electrons. The Morgan fingerprint density at radius 1 is 1.50 bits per heavy atom. The maximum Gasteiger partial charge on any atom is 0.252 e. The fraction of sp³-hybridized carbons (Fsp3) is 0.364. The number of rotatable bonds is 1. The highest BCUT2D eigenvalue weighted by Crippen LogP contribution is 2.32. The number of carbonyl (C=O) groups excluding carboxylic acids is 1. The maximum absolute atomic E-state index is 11.6. The summed E-state index contributed by atoms with van der Waals surface area (Å²) in [6, 6.07) is 5.44. The molecule has 1 aromatic rings. The van der Waals surface area contributed by atoms with Gasteiger partial charge < -0.3 is 5.32 Å². The Bertz CT molecular complexity index is 402. The van der Waals surface area contributed by atoms with Crippen molar-refractivity contribution in [3.63, 3.8) is 0 Å². The van der Waals surface area contributed by atoms with Gasteiger partial charge >= 0.3 is 0 Å². The molecule has 0 aliphatic carbocycles. The highest BCUT2D eigenvalue weighted by Gasteiger charge is 2.36. The van der Waals surface area contributed by atoms with Crippen molar-refractivity contribution >= 4 is 19.2 Å². The molecule has 0 saturated heterocycles. The van der Waals surface area contributed by atoms with E-state index >= 15 is 0 Å². The molecular weight excluding hydrogens is 173 g/mol. The first-order valence-electron chi connectivity index (χ1n) is 4.79. The van der Waals surface area contributed by atoms with Crippen molar-refractivity contribution in [1.82, 2.24) is 5.32 Å². The third-order valence-electron chi connectivity index (χ3n) is 2.98. The first-order chi connectivity index (χ1) is 6.57. The van der Waals surface area contributed by atoms with E-state index in [9.17, 15) is 4.79 Å². The van der Waals surface area contributed by atoms with Crippen molar-refractivity contribution in [2.24, 2.45) is 0 Å². The topological polar surface area (TPSA) is 29.1 Å². The van der Waals surface area contributed by atoms with E-state index in [1.807, 2.05) is 13.0 Å². The summed E-state index contributed by atoms with van der Waals surface area (Å²) in [6.45, 7) is 4.08. The van der Waals surface area contributed by atoms with Gasteiger partial charge in [-0.15, -0.1) is 0 Å². The predicted molar refractivity (Wildman–Crippen MR) is 56.9 cm³/mol. The zero-order chi connectivity index (χ0) is 10.3. The molecule has 0 aromatic heterocycles. The monoisotopic (exact) mass is 185 g/mol. The van der Waals surface area contributed by atoms with Gasteiger partial charge in [-0.3, -0.25) is 4.79 Å². The number of amides is 1. The van der Waals surface area contributed by atoms with Gasteiger partial charge in [0.15, 0.2) is 0 Å². The molecule has 0 bridgehead atoms. The number of hydrogen-bond acceptors (Lipinski definition) is 1. The molecule has 14 heavy (non-hydrogen) atoms. The lowest BCUT2D eigenvalue weighted by Crippen LogP contribution is -2.35. The van der Waals surface area contributed by atoms with Gasteiger partial charge in [-0.1, -0.05) is 24.5 Å². The standard InChI is InChI=1S/C11H12BNO/c1-3-11(2)9-6-7(12)4-5-8(9)10(14)13-11/h4-6H,3H2,1-2H3,(H,13,14). The lowest BCUT2D eigenvalue weighted by Gasteiger charge is -2.23. The van der Waals surface area contributed by atoms with Gasteiger partial charge in [0.25, 0.3) is 5.91 Å². The Hall–Kier alpha value is -1.25. The first-order valence-corrected chi connectivity index (χ1v) is 4.79. The molecule has 0 saturated carbocycles. The smallest absolute Gasteiger partial charge is 0.252 e. The van der Waals surface area contributed by atoms with Crippen molar-refractivity contribution in [2.75, 3.05) is 0 Å². The Kier molecular flexibility index (Phi) is 1.91. The van der Waals surface area contributed by atoms with Gasteiger partial charge in [0.1, 0.15) is 7.85 Å². The molecule has 1 aliphatic rings. The van der Waals surface area contributed by atoms with Crippen LogP contribution >= 0.6 is 0 Å². The van der Waals surface area contributed by atoms with Gasteiger partial charge in [0.05, 0.1) is 5.54 Å². The maximum atomic E-state index is 11.6. The van der Waals surface area contributed by atoms with E-state index in [1.165, 1.54) is 0 Å². The van der Waals surface area contributed by atoms with Gasteiger partial charge in [-0.05, 0) is 25.0 Å². The Labute approximate surface area is 85.1 Å². The van der Waals surface area contributed by atoms with Crippen molar-refractivity contribution in [3.8, 4) is 0 Å². The van der Waals surface area contributed by atoms with E-state index in [-0.39, 0.29) is 11.4 Å². The molecule has 1 atom stereocenters. The van der Waals surface area contributed by atoms with Gasteiger partial charge in [0.2, 0.25) is 0 Å². The van der Waals surface area contributed by atoms with Crippen LogP contribution in [0.5, 0.6) is 0 Å². The molecule has 3 heteroatoms. The fourth-order valence-corrected chi connectivity index (χ4v) is 1.88. The van der Waals surface area contributed by atoms with E-state index in [4.69, 9.17) is 7.85 Å². The average Bonchev–Trinajstić information content (AvgIpc) is 2.40.